The summed E-state index contributed by atoms with van der Waals surface area (Å²) in [4.78, 5) is 7.55. The predicted octanol–water partition coefficient (Wildman–Crippen LogP) is 1.37. The predicted molar refractivity (Wildman–Crippen MR) is 112 cm³/mol. The van der Waals surface area contributed by atoms with E-state index in [2.05, 4.69) is 22.5 Å². The minimum absolute atomic E-state index is 0.271. The van der Waals surface area contributed by atoms with Crippen LogP contribution in [0.4, 0.5) is 0 Å². The Morgan fingerprint density at radius 3 is 2.32 bits per heavy atom. The lowest BCUT2D eigenvalue weighted by Crippen LogP contribution is -2.50. The molecule has 0 spiro atoms. The van der Waals surface area contributed by atoms with Gasteiger partial charge in [0.2, 0.25) is 0 Å². The van der Waals surface area contributed by atoms with Crippen molar-refractivity contribution in [2.45, 2.75) is 57.5 Å². The zero-order valence-corrected chi connectivity index (χ0v) is 17.7. The third-order valence-electron chi connectivity index (χ3n) is 6.50. The van der Waals surface area contributed by atoms with E-state index in [-0.39, 0.29) is 5.41 Å². The van der Waals surface area contributed by atoms with Crippen molar-refractivity contribution in [2.75, 3.05) is 65.7 Å². The summed E-state index contributed by atoms with van der Waals surface area (Å²) in [7, 11) is 0. The van der Waals surface area contributed by atoms with Gasteiger partial charge in [-0.05, 0) is 19.8 Å². The number of aliphatic hydroxyl groups is 1. The van der Waals surface area contributed by atoms with Crippen LogP contribution >= 0.6 is 0 Å². The quantitative estimate of drug-likeness (QED) is 0.446. The van der Waals surface area contributed by atoms with Gasteiger partial charge in [0.1, 0.15) is 0 Å². The second kappa shape index (κ2) is 10.8. The highest BCUT2D eigenvalue weighted by Crippen LogP contribution is 2.37. The third-order valence-corrected chi connectivity index (χ3v) is 6.50. The number of guanidine groups is 1. The Kier molecular flexibility index (Phi) is 8.38. The molecule has 3 aliphatic rings. The summed E-state index contributed by atoms with van der Waals surface area (Å²) < 4.78 is 10.9. The highest BCUT2D eigenvalue weighted by molar-refractivity contribution is 5.79. The molecule has 3 fully saturated rings. The number of nitrogens with zero attached hydrogens (tertiary/aromatic N) is 2. The maximum absolute atomic E-state index is 10.7. The molecule has 0 amide bonds. The van der Waals surface area contributed by atoms with E-state index in [1.165, 1.54) is 32.1 Å². The van der Waals surface area contributed by atoms with Gasteiger partial charge in [-0.2, -0.15) is 0 Å². The van der Waals surface area contributed by atoms with Crippen LogP contribution in [0.5, 0.6) is 0 Å². The minimum atomic E-state index is -0.690. The molecule has 0 bridgehead atoms. The van der Waals surface area contributed by atoms with Gasteiger partial charge in [-0.3, -0.25) is 9.89 Å². The fraction of sp³-hybridized carbons (Fsp3) is 0.952. The van der Waals surface area contributed by atoms with Gasteiger partial charge in [-0.25, -0.2) is 0 Å². The molecule has 3 rings (SSSR count). The number of aliphatic imine (C=N–C) groups is 1. The van der Waals surface area contributed by atoms with Crippen molar-refractivity contribution in [2.24, 2.45) is 10.4 Å². The molecule has 0 atom stereocenters. The van der Waals surface area contributed by atoms with Gasteiger partial charge < -0.3 is 25.2 Å². The first kappa shape index (κ1) is 21.8. The third kappa shape index (κ3) is 6.58. The molecule has 1 aliphatic carbocycles. The van der Waals surface area contributed by atoms with Crippen LogP contribution in [0.25, 0.3) is 0 Å². The average molecular weight is 397 g/mol. The number of hydrogen-bond acceptors (Lipinski definition) is 5. The molecule has 7 heteroatoms. The molecule has 0 aromatic rings. The molecule has 0 radical (unpaired) electrons. The maximum Gasteiger partial charge on any atom is 0.191 e. The van der Waals surface area contributed by atoms with Crippen molar-refractivity contribution in [1.82, 2.24) is 15.5 Å². The lowest BCUT2D eigenvalue weighted by molar-refractivity contribution is -0.0594. The van der Waals surface area contributed by atoms with Crippen molar-refractivity contribution >= 4 is 5.96 Å². The number of morpholine rings is 1. The smallest absolute Gasteiger partial charge is 0.191 e. The van der Waals surface area contributed by atoms with E-state index >= 15 is 0 Å². The summed E-state index contributed by atoms with van der Waals surface area (Å²) in [5, 5.41) is 17.5. The Balaban J connectivity index is 1.60. The number of nitrogens with one attached hydrogen (secondary N) is 2. The largest absolute Gasteiger partial charge is 0.388 e. The van der Waals surface area contributed by atoms with E-state index in [9.17, 15) is 5.11 Å². The van der Waals surface area contributed by atoms with Crippen LogP contribution in [-0.2, 0) is 9.47 Å². The zero-order chi connectivity index (χ0) is 19.7. The van der Waals surface area contributed by atoms with Crippen LogP contribution in [0.2, 0.25) is 0 Å². The second-order valence-corrected chi connectivity index (χ2v) is 8.83. The Morgan fingerprint density at radius 1 is 0.964 bits per heavy atom. The summed E-state index contributed by atoms with van der Waals surface area (Å²) in [5.74, 6) is 0.828. The standard InChI is InChI=1S/C21H40N4O3/c1-2-22-19(24-17-21(26)8-12-27-13-9-21)23-16-20(6-4-3-5-7-20)18-25-10-14-28-15-11-25/h26H,2-18H2,1H3,(H2,22,23,24). The van der Waals surface area contributed by atoms with E-state index in [1.54, 1.807) is 0 Å². The molecular formula is C21H40N4O3. The van der Waals surface area contributed by atoms with Crippen LogP contribution in [-0.4, -0.2) is 87.3 Å². The SMILES string of the molecule is CCNC(=NCC1(CN2CCOCC2)CCCCC1)NCC1(O)CCOCC1. The van der Waals surface area contributed by atoms with Gasteiger partial charge >= 0.3 is 0 Å². The van der Waals surface area contributed by atoms with Crippen molar-refractivity contribution in [1.29, 1.82) is 0 Å². The van der Waals surface area contributed by atoms with Crippen LogP contribution in [0.15, 0.2) is 4.99 Å². The molecule has 3 N–H and O–H groups in total. The molecule has 2 aliphatic heterocycles. The molecule has 0 aromatic heterocycles. The summed E-state index contributed by atoms with van der Waals surface area (Å²) in [6.45, 7) is 10.5. The Bertz CT molecular complexity index is 482. The number of rotatable bonds is 7. The highest BCUT2D eigenvalue weighted by atomic mass is 16.5. The topological polar surface area (TPSA) is 78.4 Å². The Labute approximate surface area is 170 Å². The van der Waals surface area contributed by atoms with Crippen LogP contribution in [0, 0.1) is 5.41 Å². The normalized spacial score (nSPS) is 26.0. The van der Waals surface area contributed by atoms with Crippen LogP contribution in [0.1, 0.15) is 51.9 Å². The van der Waals surface area contributed by atoms with E-state index in [0.717, 1.165) is 51.9 Å². The molecule has 7 nitrogen and oxygen atoms in total. The first-order valence-corrected chi connectivity index (χ1v) is 11.3. The molecule has 28 heavy (non-hydrogen) atoms. The number of ether oxygens (including phenoxy) is 2. The van der Waals surface area contributed by atoms with E-state index in [0.29, 0.717) is 32.6 Å². The molecule has 162 valence electrons. The second-order valence-electron chi connectivity index (χ2n) is 8.83. The van der Waals surface area contributed by atoms with Crippen molar-refractivity contribution < 1.29 is 14.6 Å². The van der Waals surface area contributed by atoms with Gasteiger partial charge in [0.25, 0.3) is 0 Å². The summed E-state index contributed by atoms with van der Waals surface area (Å²) in [5.41, 5.74) is -0.418. The Hall–Kier alpha value is -0.890. The highest BCUT2D eigenvalue weighted by Gasteiger charge is 2.35. The molecular weight excluding hydrogens is 356 g/mol. The zero-order valence-electron chi connectivity index (χ0n) is 17.7. The van der Waals surface area contributed by atoms with Gasteiger partial charge in [0, 0.05) is 70.7 Å². The van der Waals surface area contributed by atoms with Crippen molar-refractivity contribution in [3.05, 3.63) is 0 Å². The number of hydrogen-bond donors (Lipinski definition) is 3. The van der Waals surface area contributed by atoms with Crippen molar-refractivity contribution in [3.63, 3.8) is 0 Å². The van der Waals surface area contributed by atoms with Gasteiger partial charge in [-0.1, -0.05) is 19.3 Å². The fourth-order valence-corrected chi connectivity index (χ4v) is 4.67. The fourth-order valence-electron chi connectivity index (χ4n) is 4.67. The summed E-state index contributed by atoms with van der Waals surface area (Å²) in [6, 6.07) is 0. The first-order valence-electron chi connectivity index (χ1n) is 11.3. The molecule has 2 saturated heterocycles. The molecule has 1 saturated carbocycles. The first-order chi connectivity index (χ1) is 13.6. The maximum atomic E-state index is 10.7. The van der Waals surface area contributed by atoms with Crippen LogP contribution in [0.3, 0.4) is 0 Å². The van der Waals surface area contributed by atoms with Gasteiger partial charge in [0.15, 0.2) is 5.96 Å². The Morgan fingerprint density at radius 2 is 1.64 bits per heavy atom. The van der Waals surface area contributed by atoms with Crippen molar-refractivity contribution in [3.8, 4) is 0 Å². The lowest BCUT2D eigenvalue weighted by Gasteiger charge is -2.41. The molecule has 0 unspecified atom stereocenters. The van der Waals surface area contributed by atoms with Gasteiger partial charge in [-0.15, -0.1) is 0 Å². The molecule has 0 aromatic carbocycles. The molecule has 2 heterocycles. The van der Waals surface area contributed by atoms with E-state index in [1.807, 2.05) is 0 Å². The lowest BCUT2D eigenvalue weighted by atomic mass is 9.73. The monoisotopic (exact) mass is 396 g/mol. The summed E-state index contributed by atoms with van der Waals surface area (Å²) in [6.07, 6.45) is 7.85. The van der Waals surface area contributed by atoms with Gasteiger partial charge in [0.05, 0.1) is 18.8 Å². The minimum Gasteiger partial charge on any atom is -0.388 e. The van der Waals surface area contributed by atoms with E-state index in [4.69, 9.17) is 14.5 Å². The average Bonchev–Trinajstić information content (AvgIpc) is 2.72. The summed E-state index contributed by atoms with van der Waals surface area (Å²) >= 11 is 0. The van der Waals surface area contributed by atoms with E-state index < -0.39 is 5.60 Å². The van der Waals surface area contributed by atoms with Crippen LogP contribution < -0.4 is 10.6 Å².